The standard InChI is InChI=1S/C19H21N3O4S.C10H11N3O2.C9H11ClO2S.C6H8N2.C4H3NO2/c1-11-8-12(2)18(13(3)9-11)27(25,26)22-15-7-5-4-6-14(15)21-19(24)16(22)10-17(20)23;11-9(14)5-8-10(15)13-7-4-2-1-3-6(7)12-8;1-6-4-7(2)9(8(3)5-6)13(10,11)12;7-5-3-1-2-4-6(5)8;6-3-1-2-4(7)5-3/h4-9,16H,10H2,1-3H3,(H2,20,23)(H,21,24);1-4,8,12H,5H2,(H2,11,14)(H,13,15);4-5H,1-3H3;1-4H,7-8H2;1-2H,(H,5,6,7). The van der Waals surface area contributed by atoms with Gasteiger partial charge in [0.15, 0.2) is 0 Å². The minimum atomic E-state index is -4.12. The highest BCUT2D eigenvalue weighted by Gasteiger charge is 2.42. The number of aryl methyl sites for hydroxylation is 6. The highest BCUT2D eigenvalue weighted by atomic mass is 35.7. The van der Waals surface area contributed by atoms with Crippen LogP contribution >= 0.6 is 10.7 Å². The summed E-state index contributed by atoms with van der Waals surface area (Å²) in [6.45, 7) is 10.7. The van der Waals surface area contributed by atoms with Gasteiger partial charge in [-0.25, -0.2) is 16.8 Å². The molecule has 0 aliphatic carbocycles. The molecule has 2 unspecified atom stereocenters. The zero-order chi connectivity index (χ0) is 52.2. The minimum Gasteiger partial charge on any atom is -0.397 e. The number of fused-ring (bicyclic) bond motifs is 2. The Bertz CT molecular complexity index is 3030. The molecule has 12 N–H and O–H groups in total. The second-order valence-corrected chi connectivity index (χ2v) is 20.4. The van der Waals surface area contributed by atoms with Gasteiger partial charge in [0.2, 0.25) is 23.6 Å². The van der Waals surface area contributed by atoms with Crippen LogP contribution in [0.3, 0.4) is 0 Å². The van der Waals surface area contributed by atoms with Crippen molar-refractivity contribution in [3.8, 4) is 0 Å². The van der Waals surface area contributed by atoms with Gasteiger partial charge in [-0.15, -0.1) is 0 Å². The molecule has 0 saturated heterocycles. The molecule has 70 heavy (non-hydrogen) atoms. The molecule has 5 aromatic carbocycles. The molecule has 0 fully saturated rings. The van der Waals surface area contributed by atoms with Crippen LogP contribution in [0.4, 0.5) is 34.1 Å². The first kappa shape index (κ1) is 54.9. The van der Waals surface area contributed by atoms with Crippen LogP contribution in [0.25, 0.3) is 0 Å². The van der Waals surface area contributed by atoms with Crippen LogP contribution in [0.1, 0.15) is 46.2 Å². The number of para-hydroxylation sites is 6. The largest absolute Gasteiger partial charge is 0.397 e. The molecule has 3 aliphatic heterocycles. The van der Waals surface area contributed by atoms with Crippen LogP contribution in [0, 0.1) is 41.5 Å². The van der Waals surface area contributed by atoms with Crippen LogP contribution < -0.4 is 48.5 Å². The first-order chi connectivity index (χ1) is 32.7. The third-order valence-corrected chi connectivity index (χ3v) is 13.9. The second kappa shape index (κ2) is 23.5. The van der Waals surface area contributed by atoms with Crippen molar-refractivity contribution in [2.24, 2.45) is 11.5 Å². The highest BCUT2D eigenvalue weighted by molar-refractivity contribution is 8.13. The number of amides is 6. The number of carbonyl (C=O) groups is 6. The van der Waals surface area contributed by atoms with Crippen LogP contribution in [0.2, 0.25) is 0 Å². The lowest BCUT2D eigenvalue weighted by atomic mass is 10.1. The fourth-order valence-corrected chi connectivity index (χ4v) is 11.2. The molecular formula is C48H54ClN9O10S2. The van der Waals surface area contributed by atoms with Gasteiger partial charge in [-0.2, -0.15) is 0 Å². The Morgan fingerprint density at radius 3 is 1.41 bits per heavy atom. The van der Waals surface area contributed by atoms with Gasteiger partial charge in [0, 0.05) is 22.8 Å². The topological polar surface area (TPSA) is 326 Å². The lowest BCUT2D eigenvalue weighted by Crippen LogP contribution is -2.52. The number of primary amides is 2. The van der Waals surface area contributed by atoms with Crippen molar-refractivity contribution >= 4 is 99.3 Å². The summed E-state index contributed by atoms with van der Waals surface area (Å²) in [7, 11) is -2.43. The zero-order valence-corrected chi connectivity index (χ0v) is 41.4. The number of hydrogen-bond donors (Lipinski definition) is 8. The van der Waals surface area contributed by atoms with Gasteiger partial charge in [0.25, 0.3) is 30.9 Å². The number of anilines is 6. The molecule has 0 bridgehead atoms. The monoisotopic (exact) mass is 1020 g/mol. The zero-order valence-electron chi connectivity index (χ0n) is 39.0. The van der Waals surface area contributed by atoms with Gasteiger partial charge in [0.1, 0.15) is 12.1 Å². The number of nitrogens with one attached hydrogen (secondary N) is 4. The number of carbonyl (C=O) groups excluding carboxylic acids is 6. The molecule has 0 aromatic heterocycles. The van der Waals surface area contributed by atoms with Gasteiger partial charge in [-0.1, -0.05) is 71.8 Å². The van der Waals surface area contributed by atoms with Gasteiger partial charge >= 0.3 is 0 Å². The first-order valence-corrected chi connectivity index (χ1v) is 24.9. The maximum Gasteiger partial charge on any atom is 0.265 e. The lowest BCUT2D eigenvalue weighted by molar-refractivity contribution is -0.123. The Morgan fingerprint density at radius 1 is 0.571 bits per heavy atom. The van der Waals surface area contributed by atoms with Crippen molar-refractivity contribution in [1.82, 2.24) is 5.32 Å². The molecule has 5 aromatic rings. The summed E-state index contributed by atoms with van der Waals surface area (Å²) in [5, 5.41) is 10.4. The Balaban J connectivity index is 0.000000209. The SMILES string of the molecule is Cc1cc(C)c(S(=O)(=O)Cl)c(C)c1.Cc1cc(C)c(S(=O)(=O)N2c3ccccc3NC(=O)C2CC(N)=O)c(C)c1.NC(=O)CC1Nc2ccccc2NC1=O.Nc1ccccc1N.O=C1C=CC(=O)N1. The maximum absolute atomic E-state index is 13.6. The number of imide groups is 1. The van der Waals surface area contributed by atoms with E-state index in [2.05, 4.69) is 16.0 Å². The molecule has 0 radical (unpaired) electrons. The van der Waals surface area contributed by atoms with E-state index in [1.54, 1.807) is 82.3 Å². The summed E-state index contributed by atoms with van der Waals surface area (Å²) in [5.74, 6) is -2.73. The number of nitrogens with two attached hydrogens (primary N) is 4. The normalized spacial score (nSPS) is 15.4. The molecule has 3 aliphatic rings. The third-order valence-electron chi connectivity index (χ3n) is 10.2. The molecule has 22 heteroatoms. The number of rotatable bonds is 7. The van der Waals surface area contributed by atoms with Gasteiger partial charge in [0.05, 0.1) is 56.8 Å². The number of benzene rings is 5. The van der Waals surface area contributed by atoms with Crippen molar-refractivity contribution in [2.75, 3.05) is 31.7 Å². The predicted octanol–water partition coefficient (Wildman–Crippen LogP) is 4.89. The van der Waals surface area contributed by atoms with E-state index < -0.39 is 55.3 Å². The molecule has 8 rings (SSSR count). The Morgan fingerprint density at radius 2 is 0.986 bits per heavy atom. The highest BCUT2D eigenvalue weighted by Crippen LogP contribution is 2.39. The fraction of sp³-hybridized carbons (Fsp3) is 0.208. The third kappa shape index (κ3) is 14.6. The van der Waals surface area contributed by atoms with E-state index in [0.29, 0.717) is 45.0 Å². The van der Waals surface area contributed by atoms with Crippen LogP contribution in [-0.4, -0.2) is 64.4 Å². The van der Waals surface area contributed by atoms with Crippen molar-refractivity contribution in [1.29, 1.82) is 0 Å². The Kier molecular flexibility index (Phi) is 18.4. The summed E-state index contributed by atoms with van der Waals surface area (Å²) in [6, 6.07) is 26.5. The maximum atomic E-state index is 13.6. The minimum absolute atomic E-state index is 0.000166. The molecule has 19 nitrogen and oxygen atoms in total. The molecule has 370 valence electrons. The summed E-state index contributed by atoms with van der Waals surface area (Å²) in [6.07, 6.45) is 1.98. The summed E-state index contributed by atoms with van der Waals surface area (Å²) in [5.41, 5.74) is 29.2. The average Bonchev–Trinajstić information content (AvgIpc) is 3.63. The van der Waals surface area contributed by atoms with Crippen molar-refractivity contribution in [2.45, 2.75) is 76.3 Å². The number of hydrogen-bond acceptors (Lipinski definition) is 13. The summed E-state index contributed by atoms with van der Waals surface area (Å²) < 4.78 is 50.6. The summed E-state index contributed by atoms with van der Waals surface area (Å²) >= 11 is 0. The summed E-state index contributed by atoms with van der Waals surface area (Å²) in [4.78, 5) is 66.8. The quantitative estimate of drug-likeness (QED) is 0.0613. The van der Waals surface area contributed by atoms with Crippen molar-refractivity contribution in [3.05, 3.63) is 143 Å². The van der Waals surface area contributed by atoms with Crippen LogP contribution in [0.5, 0.6) is 0 Å². The number of halogens is 1. The molecule has 0 spiro atoms. The predicted molar refractivity (Wildman–Crippen MR) is 271 cm³/mol. The van der Waals surface area contributed by atoms with Crippen LogP contribution in [0.15, 0.2) is 119 Å². The molecular weight excluding hydrogens is 962 g/mol. The number of nitrogen functional groups attached to an aromatic ring is 2. The van der Waals surface area contributed by atoms with E-state index in [1.165, 1.54) is 12.2 Å². The fourth-order valence-electron chi connectivity index (χ4n) is 7.55. The number of nitrogens with zero attached hydrogens (tertiary/aromatic N) is 1. The first-order valence-electron chi connectivity index (χ1n) is 21.1. The second-order valence-electron chi connectivity index (χ2n) is 16.1. The molecule has 2 atom stereocenters. The van der Waals surface area contributed by atoms with Crippen molar-refractivity contribution in [3.63, 3.8) is 0 Å². The Labute approximate surface area is 410 Å². The van der Waals surface area contributed by atoms with E-state index in [0.717, 1.165) is 26.8 Å². The van der Waals surface area contributed by atoms with E-state index in [-0.39, 0.29) is 33.9 Å². The van der Waals surface area contributed by atoms with Gasteiger partial charge in [-0.05, 0) is 100 Å². The van der Waals surface area contributed by atoms with Crippen molar-refractivity contribution < 1.29 is 45.6 Å². The smallest absolute Gasteiger partial charge is 0.265 e. The lowest BCUT2D eigenvalue weighted by Gasteiger charge is -2.37. The average molecular weight is 1020 g/mol. The van der Waals surface area contributed by atoms with Gasteiger partial charge in [-0.3, -0.25) is 38.4 Å². The van der Waals surface area contributed by atoms with E-state index in [9.17, 15) is 45.6 Å². The molecule has 0 saturated carbocycles. The van der Waals surface area contributed by atoms with Gasteiger partial charge < -0.3 is 38.9 Å². The van der Waals surface area contributed by atoms with E-state index >= 15 is 0 Å². The number of sulfonamides is 1. The Hall–Kier alpha value is -7.75. The molecule has 3 heterocycles. The van der Waals surface area contributed by atoms with Crippen LogP contribution in [-0.2, 0) is 47.8 Å². The molecule has 6 amide bonds. The van der Waals surface area contributed by atoms with E-state index in [4.69, 9.17) is 33.6 Å². The van der Waals surface area contributed by atoms with E-state index in [1.807, 2.05) is 61.6 Å².